The van der Waals surface area contributed by atoms with E-state index >= 15 is 17.6 Å². The molecule has 2 aromatic heterocycles. The van der Waals surface area contributed by atoms with E-state index in [1.807, 2.05) is 88.7 Å². The molecule has 450 valence electrons. The molecule has 14 aromatic carbocycles. The minimum atomic E-state index is -0.699. The van der Waals surface area contributed by atoms with Crippen molar-refractivity contribution in [2.24, 2.45) is 0 Å². The molecule has 0 N–H and O–H groups in total. The first-order valence-corrected chi connectivity index (χ1v) is 32.2. The minimum absolute atomic E-state index is 0.323. The molecule has 0 bridgehead atoms. The Morgan fingerprint density at radius 2 is 0.656 bits per heavy atom. The topological polar surface area (TPSA) is 28.8 Å². The molecule has 6 heterocycles. The molecule has 16 aromatic rings. The van der Waals surface area contributed by atoms with Gasteiger partial charge in [-0.25, -0.2) is 17.6 Å². The molecule has 0 spiro atoms. The van der Waals surface area contributed by atoms with Crippen molar-refractivity contribution in [2.45, 2.75) is 0 Å². The van der Waals surface area contributed by atoms with Crippen LogP contribution in [-0.4, -0.2) is 22.6 Å². The SMILES string of the molecule is Fc1cc(F)cc(N2c3ccccc3B3c4cc5c(cc4Oc4cc(-n6c7ccccc7c7ccc(-c8ccccc8)cc76)cc2c43)N(c2ccccc2)c2cc(-n3c4ccccc4c4ccc(-c6ccccc6)cc43)cc3c2B5c2ccccc2N3c2cc(F)cc(F)c2)c1. The van der Waals surface area contributed by atoms with Crippen LogP contribution < -0.4 is 52.2 Å². The maximum Gasteiger partial charge on any atom is 0.256 e. The molecule has 0 fully saturated rings. The lowest BCUT2D eigenvalue weighted by Gasteiger charge is -2.45. The normalized spacial score (nSPS) is 13.2. The summed E-state index contributed by atoms with van der Waals surface area (Å²) in [6.45, 7) is -0.898. The number of hydrogen-bond donors (Lipinski definition) is 0. The Labute approximate surface area is 549 Å². The third-order valence-electron chi connectivity index (χ3n) is 20.0. The lowest BCUT2D eigenvalue weighted by molar-refractivity contribution is 0.487. The Kier molecular flexibility index (Phi) is 11.7. The average molecular weight is 1240 g/mol. The Balaban J connectivity index is 0.871. The number of rotatable bonds is 7. The summed E-state index contributed by atoms with van der Waals surface area (Å²) in [7, 11) is 0. The standard InChI is InChI=1S/C84H49B2F4N5O/c87-54-38-55(88)41-59(40-54)94-73-30-16-12-26-67(73)85-69-48-70-81(49-77(69)91(58-22-8-3-9-23-58)78-44-61(45-79(94)83(78)85)92-71-28-14-10-24-63(71)65-34-32-52(36-75(65)92)50-18-4-1-5-19-50)96-82-47-62(93-72-29-15-11-25-64(72)66-35-33-53(37-76(66)93)51-20-6-2-7-21-51)46-80-84(82)86(70)68-27-13-17-31-74(68)95(80)60-42-56(89)39-57(90)43-60/h1-49H. The van der Waals surface area contributed by atoms with Gasteiger partial charge in [-0.1, -0.05) is 182 Å². The molecular formula is C84H49B2F4N5O. The number of nitrogens with zero attached hydrogens (tertiary/aromatic N) is 5. The molecule has 0 aliphatic carbocycles. The van der Waals surface area contributed by atoms with Crippen LogP contribution in [0.2, 0.25) is 0 Å². The smallest absolute Gasteiger partial charge is 0.256 e. The Morgan fingerprint density at radius 1 is 0.240 bits per heavy atom. The molecule has 0 radical (unpaired) electrons. The summed E-state index contributed by atoms with van der Waals surface area (Å²) in [6, 6.07) is 98.3. The summed E-state index contributed by atoms with van der Waals surface area (Å²) in [5.74, 6) is -1.55. The number of halogens is 4. The third-order valence-corrected chi connectivity index (χ3v) is 20.0. The highest BCUT2D eigenvalue weighted by atomic mass is 19.1. The highest BCUT2D eigenvalue weighted by molar-refractivity contribution is 7.02. The summed E-state index contributed by atoms with van der Waals surface area (Å²) < 4.78 is 76.3. The molecule has 4 aliphatic heterocycles. The first-order valence-electron chi connectivity index (χ1n) is 32.2. The molecule has 0 atom stereocenters. The van der Waals surface area contributed by atoms with E-state index in [2.05, 4.69) is 196 Å². The molecule has 0 unspecified atom stereocenters. The van der Waals surface area contributed by atoms with Crippen LogP contribution in [0.25, 0.3) is 77.2 Å². The van der Waals surface area contributed by atoms with Crippen molar-refractivity contribution < 1.29 is 22.3 Å². The van der Waals surface area contributed by atoms with Gasteiger partial charge in [0.2, 0.25) is 0 Å². The molecule has 0 saturated heterocycles. The Morgan fingerprint density at radius 3 is 1.18 bits per heavy atom. The van der Waals surface area contributed by atoms with Crippen molar-refractivity contribution >= 4 is 141 Å². The van der Waals surface area contributed by atoms with Crippen LogP contribution in [0.4, 0.5) is 68.7 Å². The molecule has 96 heavy (non-hydrogen) atoms. The fraction of sp³-hybridized carbons (Fsp3) is 0. The number of para-hydroxylation sites is 5. The monoisotopic (exact) mass is 1240 g/mol. The summed E-state index contributed by atoms with van der Waals surface area (Å²) in [5, 5.41) is 4.30. The lowest BCUT2D eigenvalue weighted by atomic mass is 9.30. The molecule has 6 nitrogen and oxygen atoms in total. The highest BCUT2D eigenvalue weighted by Crippen LogP contribution is 2.50. The molecular weight excluding hydrogens is 1190 g/mol. The molecule has 0 saturated carbocycles. The summed E-state index contributed by atoms with van der Waals surface area (Å²) >= 11 is 0. The number of hydrogen-bond acceptors (Lipinski definition) is 4. The predicted molar refractivity (Wildman–Crippen MR) is 386 cm³/mol. The van der Waals surface area contributed by atoms with Crippen LogP contribution in [0.3, 0.4) is 0 Å². The van der Waals surface area contributed by atoms with Gasteiger partial charge in [-0.3, -0.25) is 0 Å². The van der Waals surface area contributed by atoms with Crippen molar-refractivity contribution in [3.8, 4) is 45.1 Å². The minimum Gasteiger partial charge on any atom is -0.458 e. The number of fused-ring (bicyclic) bond motifs is 14. The largest absolute Gasteiger partial charge is 0.458 e. The van der Waals surface area contributed by atoms with Crippen molar-refractivity contribution in [1.29, 1.82) is 0 Å². The van der Waals surface area contributed by atoms with Crippen molar-refractivity contribution in [3.63, 3.8) is 0 Å². The lowest BCUT2D eigenvalue weighted by Crippen LogP contribution is -2.64. The molecule has 0 amide bonds. The van der Waals surface area contributed by atoms with E-state index in [-0.39, 0.29) is 0 Å². The zero-order chi connectivity index (χ0) is 63.6. The first-order chi connectivity index (χ1) is 47.2. The quantitative estimate of drug-likeness (QED) is 0.117. The van der Waals surface area contributed by atoms with Gasteiger partial charge in [0, 0.05) is 85.6 Å². The zero-order valence-electron chi connectivity index (χ0n) is 51.1. The zero-order valence-corrected chi connectivity index (χ0v) is 51.1. The van der Waals surface area contributed by atoms with E-state index in [0.717, 1.165) is 156 Å². The van der Waals surface area contributed by atoms with E-state index in [4.69, 9.17) is 4.74 Å². The maximum absolute atomic E-state index is 16.1. The van der Waals surface area contributed by atoms with Crippen LogP contribution in [0.15, 0.2) is 297 Å². The van der Waals surface area contributed by atoms with E-state index < -0.39 is 36.7 Å². The van der Waals surface area contributed by atoms with E-state index in [1.54, 1.807) is 0 Å². The van der Waals surface area contributed by atoms with Crippen molar-refractivity contribution in [2.75, 3.05) is 14.7 Å². The number of aromatic nitrogens is 2. The summed E-state index contributed by atoms with van der Waals surface area (Å²) in [6.07, 6.45) is 0. The van der Waals surface area contributed by atoms with Gasteiger partial charge >= 0.3 is 0 Å². The second-order valence-corrected chi connectivity index (χ2v) is 25.3. The molecule has 4 aliphatic rings. The van der Waals surface area contributed by atoms with Gasteiger partial charge in [0.1, 0.15) is 34.8 Å². The number of anilines is 9. The van der Waals surface area contributed by atoms with E-state index in [9.17, 15) is 0 Å². The molecule has 12 heteroatoms. The van der Waals surface area contributed by atoms with Crippen molar-refractivity contribution in [3.05, 3.63) is 321 Å². The fourth-order valence-corrected chi connectivity index (χ4v) is 16.2. The summed E-state index contributed by atoms with van der Waals surface area (Å²) in [4.78, 5) is 6.34. The van der Waals surface area contributed by atoms with Gasteiger partial charge in [-0.05, 0) is 146 Å². The number of ether oxygens (including phenoxy) is 1. The van der Waals surface area contributed by atoms with Crippen LogP contribution in [0, 0.1) is 23.3 Å². The van der Waals surface area contributed by atoms with Crippen LogP contribution in [0.5, 0.6) is 11.5 Å². The number of benzene rings is 14. The van der Waals surface area contributed by atoms with Crippen LogP contribution in [0.1, 0.15) is 0 Å². The first kappa shape index (κ1) is 54.3. The van der Waals surface area contributed by atoms with Gasteiger partial charge in [0.05, 0.1) is 44.8 Å². The fourth-order valence-electron chi connectivity index (χ4n) is 16.2. The predicted octanol–water partition coefficient (Wildman–Crippen LogP) is 18.3. The molecule has 20 rings (SSSR count). The second kappa shape index (κ2) is 20.6. The van der Waals surface area contributed by atoms with Crippen LogP contribution >= 0.6 is 0 Å². The summed E-state index contributed by atoms with van der Waals surface area (Å²) in [5.41, 5.74) is 21.7. The third kappa shape index (κ3) is 8.02. The Bertz CT molecular complexity index is 5960. The van der Waals surface area contributed by atoms with Gasteiger partial charge in [0.15, 0.2) is 0 Å². The second-order valence-electron chi connectivity index (χ2n) is 25.3. The van der Waals surface area contributed by atoms with Gasteiger partial charge in [0.25, 0.3) is 13.4 Å². The van der Waals surface area contributed by atoms with Gasteiger partial charge in [-0.2, -0.15) is 0 Å². The van der Waals surface area contributed by atoms with E-state index in [1.165, 1.54) is 24.3 Å². The average Bonchev–Trinajstić information content (AvgIpc) is 0.740. The van der Waals surface area contributed by atoms with Crippen LogP contribution in [-0.2, 0) is 0 Å². The van der Waals surface area contributed by atoms with E-state index in [0.29, 0.717) is 28.6 Å². The Hall–Kier alpha value is -12.3. The van der Waals surface area contributed by atoms with Gasteiger partial charge < -0.3 is 28.6 Å². The van der Waals surface area contributed by atoms with Crippen molar-refractivity contribution in [1.82, 2.24) is 9.13 Å². The highest BCUT2D eigenvalue weighted by Gasteiger charge is 2.48. The van der Waals surface area contributed by atoms with Gasteiger partial charge in [-0.15, -0.1) is 0 Å². The maximum atomic E-state index is 16.1.